The zero-order valence-electron chi connectivity index (χ0n) is 18.9. The molecular formula is C25H32FNO5S. The zero-order valence-corrected chi connectivity index (χ0v) is 19.7. The smallest absolute Gasteiger partial charge is 0.221 e. The van der Waals surface area contributed by atoms with Gasteiger partial charge in [0.25, 0.3) is 0 Å². The van der Waals surface area contributed by atoms with Crippen LogP contribution in [0.3, 0.4) is 0 Å². The van der Waals surface area contributed by atoms with Crippen LogP contribution >= 0.6 is 0 Å². The first-order valence-corrected chi connectivity index (χ1v) is 13.0. The number of benzene rings is 2. The third kappa shape index (κ3) is 4.59. The lowest BCUT2D eigenvalue weighted by Gasteiger charge is -2.41. The van der Waals surface area contributed by atoms with E-state index in [1.165, 1.54) is 10.4 Å². The first-order valence-electron chi connectivity index (χ1n) is 11.5. The van der Waals surface area contributed by atoms with Crippen molar-refractivity contribution in [3.8, 4) is 0 Å². The molecule has 2 fully saturated rings. The molecule has 180 valence electrons. The molecule has 0 aliphatic carbocycles. The van der Waals surface area contributed by atoms with E-state index in [-0.39, 0.29) is 12.6 Å². The quantitative estimate of drug-likeness (QED) is 0.667. The van der Waals surface area contributed by atoms with Gasteiger partial charge in [-0.25, -0.2) is 12.8 Å². The van der Waals surface area contributed by atoms with Crippen LogP contribution in [-0.2, 0) is 26.7 Å². The molecule has 2 aliphatic rings. The SMILES string of the molecule is C[C@H]1CC[C@H](c2ccccc2)S(=O)(=O)N1Cc1ccc(C2([C@H](O)CO)CCOCC2)cc1F. The van der Waals surface area contributed by atoms with Crippen LogP contribution in [0.15, 0.2) is 48.5 Å². The highest BCUT2D eigenvalue weighted by atomic mass is 32.2. The van der Waals surface area contributed by atoms with Gasteiger partial charge < -0.3 is 14.9 Å². The summed E-state index contributed by atoms with van der Waals surface area (Å²) in [5, 5.41) is 19.5. The van der Waals surface area contributed by atoms with Crippen molar-refractivity contribution >= 4 is 10.0 Å². The van der Waals surface area contributed by atoms with Gasteiger partial charge in [-0.2, -0.15) is 4.31 Å². The molecule has 0 aromatic heterocycles. The molecule has 3 atom stereocenters. The number of aliphatic hydroxyl groups excluding tert-OH is 2. The summed E-state index contributed by atoms with van der Waals surface area (Å²) < 4.78 is 49.1. The van der Waals surface area contributed by atoms with Gasteiger partial charge in [-0.1, -0.05) is 42.5 Å². The molecule has 2 N–H and O–H groups in total. The molecule has 2 saturated heterocycles. The van der Waals surface area contributed by atoms with Crippen LogP contribution < -0.4 is 0 Å². The third-order valence-corrected chi connectivity index (χ3v) is 9.72. The molecule has 2 aliphatic heterocycles. The Morgan fingerprint density at radius 1 is 1.15 bits per heavy atom. The summed E-state index contributed by atoms with van der Waals surface area (Å²) >= 11 is 0. The van der Waals surface area contributed by atoms with Gasteiger partial charge in [0, 0.05) is 36.8 Å². The first kappa shape index (κ1) is 24.3. The number of ether oxygens (including phenoxy) is 1. The van der Waals surface area contributed by atoms with Gasteiger partial charge in [-0.15, -0.1) is 0 Å². The number of hydrogen-bond donors (Lipinski definition) is 2. The third-order valence-electron chi connectivity index (χ3n) is 7.35. The molecule has 0 amide bonds. The van der Waals surface area contributed by atoms with E-state index < -0.39 is 39.2 Å². The molecule has 6 nitrogen and oxygen atoms in total. The highest BCUT2D eigenvalue weighted by Gasteiger charge is 2.43. The first-order chi connectivity index (χ1) is 15.8. The van der Waals surface area contributed by atoms with Gasteiger partial charge in [-0.3, -0.25) is 0 Å². The van der Waals surface area contributed by atoms with Crippen LogP contribution in [0.2, 0.25) is 0 Å². The maximum atomic E-state index is 15.3. The number of rotatable bonds is 6. The van der Waals surface area contributed by atoms with Crippen molar-refractivity contribution in [2.24, 2.45) is 0 Å². The summed E-state index contributed by atoms with van der Waals surface area (Å²) in [6, 6.07) is 13.7. The fourth-order valence-corrected chi connectivity index (χ4v) is 7.42. The van der Waals surface area contributed by atoms with Crippen LogP contribution in [0.4, 0.5) is 4.39 Å². The Bertz CT molecular complexity index is 1060. The predicted molar refractivity (Wildman–Crippen MR) is 124 cm³/mol. The molecule has 0 bridgehead atoms. The topological polar surface area (TPSA) is 87.1 Å². The van der Waals surface area contributed by atoms with Gasteiger partial charge in [0.05, 0.1) is 12.7 Å². The minimum absolute atomic E-state index is 0.0440. The largest absolute Gasteiger partial charge is 0.394 e. The molecule has 33 heavy (non-hydrogen) atoms. The molecule has 0 radical (unpaired) electrons. The monoisotopic (exact) mass is 477 g/mol. The second-order valence-electron chi connectivity index (χ2n) is 9.19. The number of sulfonamides is 1. The molecule has 2 heterocycles. The molecule has 0 spiro atoms. The maximum absolute atomic E-state index is 15.3. The Hall–Kier alpha value is -1.84. The standard InChI is InChI=1S/C25H32FNO5S/c1-18-7-10-23(19-5-3-2-4-6-19)33(30,31)27(18)16-20-8-9-21(15-22(20)26)25(24(29)17-28)11-13-32-14-12-25/h2-6,8-9,15,18,23-24,28-29H,7,10-14,16-17H2,1H3/t18-,23+,24+/m0/s1. The van der Waals surface area contributed by atoms with Crippen molar-refractivity contribution in [2.75, 3.05) is 19.8 Å². The van der Waals surface area contributed by atoms with Crippen LogP contribution in [0, 0.1) is 5.82 Å². The molecular weight excluding hydrogens is 445 g/mol. The van der Waals surface area contributed by atoms with E-state index in [0.29, 0.717) is 50.0 Å². The van der Waals surface area contributed by atoms with E-state index in [1.807, 2.05) is 37.3 Å². The van der Waals surface area contributed by atoms with E-state index in [4.69, 9.17) is 4.74 Å². The van der Waals surface area contributed by atoms with Crippen molar-refractivity contribution < 1.29 is 27.8 Å². The summed E-state index contributed by atoms with van der Waals surface area (Å²) in [5.41, 5.74) is 0.869. The van der Waals surface area contributed by atoms with Crippen molar-refractivity contribution in [3.05, 3.63) is 71.0 Å². The molecule has 8 heteroatoms. The number of hydrogen-bond acceptors (Lipinski definition) is 5. The Balaban J connectivity index is 1.62. The van der Waals surface area contributed by atoms with Gasteiger partial charge in [-0.05, 0) is 49.8 Å². The van der Waals surface area contributed by atoms with Crippen LogP contribution in [0.1, 0.15) is 54.5 Å². The average Bonchev–Trinajstić information content (AvgIpc) is 2.82. The van der Waals surface area contributed by atoms with Gasteiger partial charge >= 0.3 is 0 Å². The van der Waals surface area contributed by atoms with E-state index in [1.54, 1.807) is 12.1 Å². The summed E-state index contributed by atoms with van der Waals surface area (Å²) in [6.07, 6.45) is 1.16. The minimum Gasteiger partial charge on any atom is -0.394 e. The Morgan fingerprint density at radius 3 is 2.48 bits per heavy atom. The Kier molecular flexibility index (Phi) is 7.21. The van der Waals surface area contributed by atoms with Crippen LogP contribution in [0.5, 0.6) is 0 Å². The number of nitrogens with zero attached hydrogens (tertiary/aromatic N) is 1. The normalized spacial score (nSPS) is 26.1. The van der Waals surface area contributed by atoms with Crippen molar-refractivity contribution in [2.45, 2.75) is 62.0 Å². The summed E-state index contributed by atoms with van der Waals surface area (Å²) in [4.78, 5) is 0. The summed E-state index contributed by atoms with van der Waals surface area (Å²) in [5.74, 6) is -0.507. The molecule has 0 saturated carbocycles. The highest BCUT2D eigenvalue weighted by molar-refractivity contribution is 7.89. The lowest BCUT2D eigenvalue weighted by atomic mass is 9.70. The molecule has 2 aromatic rings. The molecule has 4 rings (SSSR count). The second-order valence-corrected chi connectivity index (χ2v) is 11.3. The number of aliphatic hydroxyl groups is 2. The van der Waals surface area contributed by atoms with Crippen molar-refractivity contribution in [1.29, 1.82) is 0 Å². The lowest BCUT2D eigenvalue weighted by molar-refractivity contribution is -0.0372. The second kappa shape index (κ2) is 9.80. The minimum atomic E-state index is -3.66. The highest BCUT2D eigenvalue weighted by Crippen LogP contribution is 2.40. The van der Waals surface area contributed by atoms with Crippen LogP contribution in [0.25, 0.3) is 0 Å². The Morgan fingerprint density at radius 2 is 1.85 bits per heavy atom. The summed E-state index contributed by atoms with van der Waals surface area (Å²) in [7, 11) is -3.66. The fourth-order valence-electron chi connectivity index (χ4n) is 5.23. The lowest BCUT2D eigenvalue weighted by Crippen LogP contribution is -2.46. The Labute approximate surface area is 195 Å². The van der Waals surface area contributed by atoms with Gasteiger partial charge in [0.1, 0.15) is 11.1 Å². The van der Waals surface area contributed by atoms with E-state index in [9.17, 15) is 18.6 Å². The van der Waals surface area contributed by atoms with Gasteiger partial charge in [0.2, 0.25) is 10.0 Å². The predicted octanol–water partition coefficient (Wildman–Crippen LogP) is 3.28. The molecule has 2 aromatic carbocycles. The average molecular weight is 478 g/mol. The fraction of sp³-hybridized carbons (Fsp3) is 0.520. The van der Waals surface area contributed by atoms with E-state index in [2.05, 4.69) is 0 Å². The van der Waals surface area contributed by atoms with Gasteiger partial charge in [0.15, 0.2) is 0 Å². The van der Waals surface area contributed by atoms with Crippen molar-refractivity contribution in [1.82, 2.24) is 4.31 Å². The summed E-state index contributed by atoms with van der Waals surface area (Å²) in [6.45, 7) is 2.24. The maximum Gasteiger partial charge on any atom is 0.221 e. The van der Waals surface area contributed by atoms with Crippen LogP contribution in [-0.4, -0.2) is 54.9 Å². The van der Waals surface area contributed by atoms with E-state index >= 15 is 4.39 Å². The van der Waals surface area contributed by atoms with E-state index in [0.717, 1.165) is 5.56 Å². The molecule has 0 unspecified atom stereocenters. The zero-order chi connectivity index (χ0) is 23.6. The van der Waals surface area contributed by atoms with Crippen molar-refractivity contribution in [3.63, 3.8) is 0 Å². The number of halogens is 1.